The van der Waals surface area contributed by atoms with Gasteiger partial charge in [-0.1, -0.05) is 0 Å². The number of esters is 2. The van der Waals surface area contributed by atoms with Gasteiger partial charge >= 0.3 is 11.9 Å². The number of primary amides is 1. The standard InChI is InChI=1S/C14H17NO5/c1-14(2,3)13(18)20-8-19-12(17)10-6-4-9(5-7-10)11(15)16/h4-7H,8H2,1-3H3,(H2,15,16). The fourth-order valence-electron chi connectivity index (χ4n) is 1.21. The Balaban J connectivity index is 2.51. The second-order valence-corrected chi connectivity index (χ2v) is 5.17. The molecule has 0 spiro atoms. The van der Waals surface area contributed by atoms with Crippen molar-refractivity contribution in [2.45, 2.75) is 20.8 Å². The lowest BCUT2D eigenvalue weighted by molar-refractivity contribution is -0.161. The van der Waals surface area contributed by atoms with Gasteiger partial charge in [0.25, 0.3) is 0 Å². The van der Waals surface area contributed by atoms with Crippen molar-refractivity contribution in [1.29, 1.82) is 0 Å². The molecule has 2 N–H and O–H groups in total. The minimum absolute atomic E-state index is 0.238. The molecular weight excluding hydrogens is 262 g/mol. The summed E-state index contributed by atoms with van der Waals surface area (Å²) >= 11 is 0. The van der Waals surface area contributed by atoms with Crippen molar-refractivity contribution in [3.63, 3.8) is 0 Å². The number of hydrogen-bond donors (Lipinski definition) is 1. The Kier molecular flexibility index (Phi) is 4.85. The number of rotatable bonds is 4. The lowest BCUT2D eigenvalue weighted by Crippen LogP contribution is -2.24. The third kappa shape index (κ3) is 4.38. The number of ether oxygens (including phenoxy) is 2. The van der Waals surface area contributed by atoms with Gasteiger partial charge in [-0.3, -0.25) is 9.59 Å². The van der Waals surface area contributed by atoms with E-state index in [1.165, 1.54) is 24.3 Å². The zero-order valence-corrected chi connectivity index (χ0v) is 11.6. The second kappa shape index (κ2) is 6.18. The van der Waals surface area contributed by atoms with E-state index in [0.717, 1.165) is 0 Å². The van der Waals surface area contributed by atoms with Crippen LogP contribution in [0.15, 0.2) is 24.3 Å². The topological polar surface area (TPSA) is 95.7 Å². The molecule has 1 aromatic carbocycles. The van der Waals surface area contributed by atoms with E-state index < -0.39 is 30.1 Å². The summed E-state index contributed by atoms with van der Waals surface area (Å²) in [5.74, 6) is -1.69. The van der Waals surface area contributed by atoms with Crippen LogP contribution < -0.4 is 5.73 Å². The summed E-state index contributed by atoms with van der Waals surface area (Å²) in [7, 11) is 0. The summed E-state index contributed by atoms with van der Waals surface area (Å²) in [6.07, 6.45) is 0. The minimum atomic E-state index is -0.657. The van der Waals surface area contributed by atoms with Gasteiger partial charge in [0.05, 0.1) is 11.0 Å². The highest BCUT2D eigenvalue weighted by Gasteiger charge is 2.23. The maximum Gasteiger partial charge on any atom is 0.340 e. The first kappa shape index (κ1) is 15.7. The van der Waals surface area contributed by atoms with Gasteiger partial charge in [0, 0.05) is 5.56 Å². The highest BCUT2D eigenvalue weighted by molar-refractivity contribution is 5.95. The van der Waals surface area contributed by atoms with E-state index in [-0.39, 0.29) is 5.56 Å². The van der Waals surface area contributed by atoms with Gasteiger partial charge in [0.1, 0.15) is 0 Å². The largest absolute Gasteiger partial charge is 0.427 e. The Bertz CT molecular complexity index is 513. The van der Waals surface area contributed by atoms with Gasteiger partial charge in [-0.05, 0) is 45.0 Å². The molecule has 1 aromatic rings. The monoisotopic (exact) mass is 279 g/mol. The van der Waals surface area contributed by atoms with E-state index in [9.17, 15) is 14.4 Å². The molecule has 1 rings (SSSR count). The fraction of sp³-hybridized carbons (Fsp3) is 0.357. The first-order valence-electron chi connectivity index (χ1n) is 5.96. The van der Waals surface area contributed by atoms with Gasteiger partial charge in [0.15, 0.2) is 0 Å². The molecule has 0 unspecified atom stereocenters. The normalized spacial score (nSPS) is 10.8. The number of amides is 1. The van der Waals surface area contributed by atoms with E-state index in [4.69, 9.17) is 15.2 Å². The maximum atomic E-state index is 11.6. The van der Waals surface area contributed by atoms with Gasteiger partial charge in [0.2, 0.25) is 12.7 Å². The van der Waals surface area contributed by atoms with Crippen molar-refractivity contribution in [3.05, 3.63) is 35.4 Å². The van der Waals surface area contributed by atoms with Gasteiger partial charge < -0.3 is 15.2 Å². The van der Waals surface area contributed by atoms with Crippen LogP contribution in [-0.4, -0.2) is 24.6 Å². The van der Waals surface area contributed by atoms with Crippen LogP contribution in [-0.2, 0) is 14.3 Å². The van der Waals surface area contributed by atoms with Crippen LogP contribution in [0.4, 0.5) is 0 Å². The Morgan fingerprint density at radius 3 is 1.95 bits per heavy atom. The van der Waals surface area contributed by atoms with E-state index in [0.29, 0.717) is 5.56 Å². The SMILES string of the molecule is CC(C)(C)C(=O)OCOC(=O)c1ccc(C(N)=O)cc1. The van der Waals surface area contributed by atoms with Gasteiger partial charge in [-0.25, -0.2) is 4.79 Å². The third-order valence-electron chi connectivity index (χ3n) is 2.40. The molecule has 0 aromatic heterocycles. The third-order valence-corrected chi connectivity index (χ3v) is 2.40. The zero-order valence-electron chi connectivity index (χ0n) is 11.6. The molecular formula is C14H17NO5. The molecule has 0 atom stereocenters. The molecule has 6 heteroatoms. The average Bonchev–Trinajstić information content (AvgIpc) is 2.37. The molecule has 0 aliphatic carbocycles. The fourth-order valence-corrected chi connectivity index (χ4v) is 1.21. The van der Waals surface area contributed by atoms with Crippen molar-refractivity contribution in [3.8, 4) is 0 Å². The predicted octanol–water partition coefficient (Wildman–Crippen LogP) is 1.49. The van der Waals surface area contributed by atoms with Crippen LogP contribution in [0.5, 0.6) is 0 Å². The van der Waals surface area contributed by atoms with Crippen molar-refractivity contribution < 1.29 is 23.9 Å². The first-order valence-corrected chi connectivity index (χ1v) is 5.96. The van der Waals surface area contributed by atoms with E-state index in [1.807, 2.05) is 0 Å². The van der Waals surface area contributed by atoms with Crippen LogP contribution in [0.3, 0.4) is 0 Å². The number of benzene rings is 1. The van der Waals surface area contributed by atoms with Crippen molar-refractivity contribution >= 4 is 17.8 Å². The Morgan fingerprint density at radius 2 is 1.50 bits per heavy atom. The molecule has 0 bridgehead atoms. The van der Waals surface area contributed by atoms with Crippen molar-refractivity contribution in [2.24, 2.45) is 11.1 Å². The van der Waals surface area contributed by atoms with Crippen LogP contribution in [0.25, 0.3) is 0 Å². The predicted molar refractivity (Wildman–Crippen MR) is 70.8 cm³/mol. The first-order chi connectivity index (χ1) is 9.21. The highest BCUT2D eigenvalue weighted by atomic mass is 16.7. The molecule has 0 aliphatic heterocycles. The lowest BCUT2D eigenvalue weighted by atomic mass is 9.98. The molecule has 0 aliphatic rings. The average molecular weight is 279 g/mol. The molecule has 0 radical (unpaired) electrons. The molecule has 0 fully saturated rings. The molecule has 6 nitrogen and oxygen atoms in total. The summed E-state index contributed by atoms with van der Waals surface area (Å²) in [4.78, 5) is 33.9. The number of hydrogen-bond acceptors (Lipinski definition) is 5. The summed E-state index contributed by atoms with van der Waals surface area (Å²) in [6.45, 7) is 4.63. The van der Waals surface area contributed by atoms with Crippen LogP contribution in [0, 0.1) is 5.41 Å². The molecule has 0 saturated heterocycles. The Morgan fingerprint density at radius 1 is 1.00 bits per heavy atom. The molecule has 108 valence electrons. The Hall–Kier alpha value is -2.37. The minimum Gasteiger partial charge on any atom is -0.427 e. The molecule has 20 heavy (non-hydrogen) atoms. The van der Waals surface area contributed by atoms with E-state index >= 15 is 0 Å². The maximum absolute atomic E-state index is 11.6. The number of carbonyl (C=O) groups excluding carboxylic acids is 3. The molecule has 1 amide bonds. The van der Waals surface area contributed by atoms with Crippen LogP contribution >= 0.6 is 0 Å². The van der Waals surface area contributed by atoms with Crippen molar-refractivity contribution in [2.75, 3.05) is 6.79 Å². The Labute approximate surface area is 116 Å². The van der Waals surface area contributed by atoms with Crippen LogP contribution in [0.1, 0.15) is 41.5 Å². The molecule has 0 saturated carbocycles. The zero-order chi connectivity index (χ0) is 15.3. The van der Waals surface area contributed by atoms with Crippen molar-refractivity contribution in [1.82, 2.24) is 0 Å². The highest BCUT2D eigenvalue weighted by Crippen LogP contribution is 2.15. The van der Waals surface area contributed by atoms with Gasteiger partial charge in [-0.2, -0.15) is 0 Å². The second-order valence-electron chi connectivity index (χ2n) is 5.17. The lowest BCUT2D eigenvalue weighted by Gasteiger charge is -2.16. The summed E-state index contributed by atoms with van der Waals surface area (Å²) in [6, 6.07) is 5.65. The van der Waals surface area contributed by atoms with Gasteiger partial charge in [-0.15, -0.1) is 0 Å². The molecule has 0 heterocycles. The number of nitrogens with two attached hydrogens (primary N) is 1. The smallest absolute Gasteiger partial charge is 0.340 e. The summed E-state index contributed by atoms with van der Waals surface area (Å²) < 4.78 is 9.60. The van der Waals surface area contributed by atoms with E-state index in [1.54, 1.807) is 20.8 Å². The summed E-state index contributed by atoms with van der Waals surface area (Å²) in [5, 5.41) is 0. The quantitative estimate of drug-likeness (QED) is 0.665. The van der Waals surface area contributed by atoms with E-state index in [2.05, 4.69) is 0 Å². The number of carbonyl (C=O) groups is 3. The summed E-state index contributed by atoms with van der Waals surface area (Å²) in [5.41, 5.74) is 4.95. The van der Waals surface area contributed by atoms with Crippen LogP contribution in [0.2, 0.25) is 0 Å².